The van der Waals surface area contributed by atoms with E-state index in [2.05, 4.69) is 4.90 Å². The van der Waals surface area contributed by atoms with Crippen molar-refractivity contribution in [2.75, 3.05) is 19.6 Å². The number of hydrogen-bond donors (Lipinski definition) is 0. The minimum atomic E-state index is -0.189. The fraction of sp³-hybridized carbons (Fsp3) is 1.00. The van der Waals surface area contributed by atoms with Crippen molar-refractivity contribution in [1.82, 2.24) is 4.90 Å². The van der Waals surface area contributed by atoms with Gasteiger partial charge in [-0.1, -0.05) is 35.1 Å². The fourth-order valence-corrected chi connectivity index (χ4v) is 5.72. The van der Waals surface area contributed by atoms with Crippen molar-refractivity contribution >= 4 is 14.1 Å². The van der Waals surface area contributed by atoms with Crippen LogP contribution in [-0.2, 0) is 0 Å². The summed E-state index contributed by atoms with van der Waals surface area (Å²) in [7, 11) is 0. The number of fused-ring (bicyclic) bond motifs is 6. The summed E-state index contributed by atoms with van der Waals surface area (Å²) in [5.74, 6) is 0. The van der Waals surface area contributed by atoms with Crippen LogP contribution in [0.4, 0.5) is 0 Å². The molecule has 0 N–H and O–H groups in total. The zero-order chi connectivity index (χ0) is 7.52. The number of hydrogen-bond acceptors (Lipinski definition) is 1. The summed E-state index contributed by atoms with van der Waals surface area (Å²) >= 11 is -0.189. The lowest BCUT2D eigenvalue weighted by Crippen LogP contribution is -2.34. The van der Waals surface area contributed by atoms with E-state index in [0.717, 1.165) is 0 Å². The van der Waals surface area contributed by atoms with Gasteiger partial charge in [0.1, 0.15) is 0 Å². The van der Waals surface area contributed by atoms with Crippen molar-refractivity contribution in [2.24, 2.45) is 0 Å². The molecule has 2 heteroatoms. The Morgan fingerprint density at radius 1 is 0.727 bits per heavy atom. The van der Waals surface area contributed by atoms with E-state index in [-0.39, 0.29) is 14.1 Å². The van der Waals surface area contributed by atoms with Crippen LogP contribution >= 0.6 is 0 Å². The lowest BCUT2D eigenvalue weighted by atomic mass is 10.3. The monoisotopic (exact) mass is 167 g/mol. The van der Waals surface area contributed by atoms with Crippen molar-refractivity contribution in [1.29, 1.82) is 0 Å². The quantitative estimate of drug-likeness (QED) is 0.499. The highest BCUT2D eigenvalue weighted by atomic mass is 27.2. The molecule has 3 rings (SSSR count). The molecule has 0 aromatic carbocycles. The molecule has 62 valence electrons. The molecule has 3 heterocycles. The molecule has 0 aromatic rings. The minimum Gasteiger partial charge on any atom is -0.303 e. The fourth-order valence-electron chi connectivity index (χ4n) is 2.58. The maximum atomic E-state index is 2.68. The Kier molecular flexibility index (Phi) is 2.90. The minimum absolute atomic E-state index is 0.189. The molecule has 3 fully saturated rings. The van der Waals surface area contributed by atoms with Gasteiger partial charge in [0.2, 0.25) is 0 Å². The van der Waals surface area contributed by atoms with Crippen LogP contribution in [0.3, 0.4) is 0 Å². The zero-order valence-electron chi connectivity index (χ0n) is 7.39. The lowest BCUT2D eigenvalue weighted by Gasteiger charge is -2.29. The molecule has 0 aliphatic carbocycles. The van der Waals surface area contributed by atoms with Crippen molar-refractivity contribution < 1.29 is 0 Å². The molecule has 0 aromatic heterocycles. The van der Waals surface area contributed by atoms with Gasteiger partial charge in [0.05, 0.1) is 0 Å². The molecule has 0 saturated carbocycles. The van der Waals surface area contributed by atoms with E-state index in [1.54, 1.807) is 15.8 Å². The molecule has 0 radical (unpaired) electrons. The largest absolute Gasteiger partial charge is 0.303 e. The molecule has 0 atom stereocenters. The second-order valence-electron chi connectivity index (χ2n) is 4.13. The predicted octanol–water partition coefficient (Wildman–Crippen LogP) is 1.98. The molecule has 3 saturated heterocycles. The van der Waals surface area contributed by atoms with Crippen molar-refractivity contribution in [3.63, 3.8) is 0 Å². The van der Waals surface area contributed by atoms with Gasteiger partial charge < -0.3 is 4.90 Å². The molecule has 3 aliphatic rings. The number of nitrogens with zero attached hydrogens (tertiary/aromatic N) is 1. The maximum absolute atomic E-state index is 2.68. The summed E-state index contributed by atoms with van der Waals surface area (Å²) in [5.41, 5.74) is 0. The molecule has 11 heavy (non-hydrogen) atoms. The van der Waals surface area contributed by atoms with Gasteiger partial charge >= 0.3 is 0 Å². The summed E-state index contributed by atoms with van der Waals surface area (Å²) in [6.07, 6.45) is 4.57. The molecule has 0 amide bonds. The topological polar surface area (TPSA) is 3.24 Å². The van der Waals surface area contributed by atoms with Crippen LogP contribution in [-0.4, -0.2) is 38.7 Å². The third-order valence-corrected chi connectivity index (χ3v) is 6.93. The van der Waals surface area contributed by atoms with E-state index >= 15 is 0 Å². The van der Waals surface area contributed by atoms with Gasteiger partial charge in [0.15, 0.2) is 0 Å². The van der Waals surface area contributed by atoms with Gasteiger partial charge in [0, 0.05) is 0 Å². The zero-order valence-corrected chi connectivity index (χ0v) is 8.54. The van der Waals surface area contributed by atoms with E-state index in [4.69, 9.17) is 0 Å². The highest BCUT2D eigenvalue weighted by Crippen LogP contribution is 2.20. The molecular weight excluding hydrogens is 149 g/mol. The normalized spacial score (nSPS) is 27.8. The molecule has 2 bridgehead atoms. The Balaban J connectivity index is 1.96. The van der Waals surface area contributed by atoms with Crippen LogP contribution in [0.15, 0.2) is 0 Å². The van der Waals surface area contributed by atoms with Crippen LogP contribution in [0.1, 0.15) is 19.3 Å². The summed E-state index contributed by atoms with van der Waals surface area (Å²) in [5, 5.41) is 4.95. The Hall–Kier alpha value is 0.492. The second kappa shape index (κ2) is 3.94. The highest BCUT2D eigenvalue weighted by molar-refractivity contribution is 6.58. The molecular formula is C9H18AlN. The van der Waals surface area contributed by atoms with Crippen LogP contribution in [0.5, 0.6) is 0 Å². The van der Waals surface area contributed by atoms with E-state index in [1.165, 1.54) is 38.9 Å². The van der Waals surface area contributed by atoms with Crippen molar-refractivity contribution in [2.45, 2.75) is 35.1 Å². The van der Waals surface area contributed by atoms with E-state index in [1.807, 2.05) is 0 Å². The summed E-state index contributed by atoms with van der Waals surface area (Å²) in [4.78, 5) is 2.68. The Bertz CT molecular complexity index is 91.0. The van der Waals surface area contributed by atoms with Crippen molar-refractivity contribution in [3.05, 3.63) is 0 Å². The van der Waals surface area contributed by atoms with Crippen LogP contribution in [0.25, 0.3) is 0 Å². The van der Waals surface area contributed by atoms with E-state index in [9.17, 15) is 0 Å². The van der Waals surface area contributed by atoms with E-state index < -0.39 is 0 Å². The summed E-state index contributed by atoms with van der Waals surface area (Å²) in [6, 6.07) is 0. The average molecular weight is 167 g/mol. The van der Waals surface area contributed by atoms with Gasteiger partial charge in [-0.2, -0.15) is 0 Å². The van der Waals surface area contributed by atoms with Crippen LogP contribution in [0, 0.1) is 0 Å². The first-order valence-electron chi connectivity index (χ1n) is 5.17. The Morgan fingerprint density at radius 2 is 1.18 bits per heavy atom. The van der Waals surface area contributed by atoms with Crippen molar-refractivity contribution in [3.8, 4) is 0 Å². The first kappa shape index (κ1) is 8.11. The highest BCUT2D eigenvalue weighted by Gasteiger charge is 2.22. The summed E-state index contributed by atoms with van der Waals surface area (Å²) < 4.78 is 0. The molecule has 0 unspecified atom stereocenters. The second-order valence-corrected chi connectivity index (χ2v) is 7.60. The molecule has 1 nitrogen and oxygen atoms in total. The molecule has 3 aliphatic heterocycles. The maximum Gasteiger partial charge on any atom is 0.261 e. The van der Waals surface area contributed by atoms with Gasteiger partial charge in [-0.3, -0.25) is 0 Å². The first-order valence-corrected chi connectivity index (χ1v) is 7.62. The van der Waals surface area contributed by atoms with Gasteiger partial charge in [-0.15, -0.1) is 0 Å². The predicted molar refractivity (Wildman–Crippen MR) is 50.5 cm³/mol. The average Bonchev–Trinajstić information content (AvgIpc) is 1.80. The Labute approximate surface area is 74.2 Å². The molecule has 0 spiro atoms. The standard InChI is InChI=1S/C9H18N.Al/c1-4-7-10(8-5-2)9-6-3;/h1-9H2;. The third kappa shape index (κ3) is 2.21. The number of rotatable bonds is 0. The summed E-state index contributed by atoms with van der Waals surface area (Å²) in [6.45, 7) is 4.26. The SMILES string of the molecule is C1CN2CC[CH2][Al]([CH2]1)[CH2]CC2. The van der Waals surface area contributed by atoms with Gasteiger partial charge in [-0.25, -0.2) is 0 Å². The van der Waals surface area contributed by atoms with Crippen LogP contribution in [0.2, 0.25) is 15.8 Å². The van der Waals surface area contributed by atoms with E-state index in [0.29, 0.717) is 0 Å². The van der Waals surface area contributed by atoms with Crippen LogP contribution < -0.4 is 0 Å². The van der Waals surface area contributed by atoms with Gasteiger partial charge in [-0.05, 0) is 19.6 Å². The first-order chi connectivity index (χ1) is 5.45. The Morgan fingerprint density at radius 3 is 1.64 bits per heavy atom. The third-order valence-electron chi connectivity index (χ3n) is 3.26. The smallest absolute Gasteiger partial charge is 0.261 e. The lowest BCUT2D eigenvalue weighted by molar-refractivity contribution is 0.265. The van der Waals surface area contributed by atoms with Gasteiger partial charge in [0.25, 0.3) is 14.1 Å².